The number of para-hydroxylation sites is 1. The van der Waals surface area contributed by atoms with Crippen LogP contribution in [0.4, 0.5) is 0 Å². The highest BCUT2D eigenvalue weighted by molar-refractivity contribution is 5.46. The Morgan fingerprint density at radius 1 is 1.28 bits per heavy atom. The summed E-state index contributed by atoms with van der Waals surface area (Å²) in [5, 5.41) is 13.8. The third-order valence-corrected chi connectivity index (χ3v) is 4.76. The summed E-state index contributed by atoms with van der Waals surface area (Å²) in [6.45, 7) is 5.30. The molecule has 0 spiro atoms. The van der Waals surface area contributed by atoms with Crippen LogP contribution in [-0.4, -0.2) is 79.2 Å². The van der Waals surface area contributed by atoms with Gasteiger partial charge in [-0.2, -0.15) is 0 Å². The molecule has 0 amide bonds. The van der Waals surface area contributed by atoms with E-state index in [2.05, 4.69) is 20.2 Å². The summed E-state index contributed by atoms with van der Waals surface area (Å²) < 4.78 is 16.8. The predicted molar refractivity (Wildman–Crippen MR) is 109 cm³/mol. The maximum absolute atomic E-state index is 10.4. The van der Waals surface area contributed by atoms with E-state index in [1.807, 2.05) is 18.2 Å². The maximum Gasteiger partial charge on any atom is 0.165 e. The van der Waals surface area contributed by atoms with Gasteiger partial charge < -0.3 is 24.6 Å². The summed E-state index contributed by atoms with van der Waals surface area (Å²) >= 11 is 0. The van der Waals surface area contributed by atoms with Crippen LogP contribution in [-0.2, 0) is 17.7 Å². The number of rotatable bonds is 11. The van der Waals surface area contributed by atoms with Crippen molar-refractivity contribution in [2.24, 2.45) is 0 Å². The van der Waals surface area contributed by atoms with Gasteiger partial charge in [0, 0.05) is 63.3 Å². The fourth-order valence-corrected chi connectivity index (χ4v) is 3.24. The Hall–Kier alpha value is -2.26. The third kappa shape index (κ3) is 6.93. The van der Waals surface area contributed by atoms with E-state index in [1.54, 1.807) is 25.7 Å². The van der Waals surface area contributed by atoms with Crippen LogP contribution < -0.4 is 14.8 Å². The first-order chi connectivity index (χ1) is 14.3. The normalized spacial score (nSPS) is 15.8. The monoisotopic (exact) mass is 402 g/mol. The second-order valence-corrected chi connectivity index (χ2v) is 6.95. The lowest BCUT2D eigenvalue weighted by atomic mass is 10.1. The molecule has 8 nitrogen and oxygen atoms in total. The van der Waals surface area contributed by atoms with Gasteiger partial charge in [-0.1, -0.05) is 12.1 Å². The van der Waals surface area contributed by atoms with Gasteiger partial charge >= 0.3 is 0 Å². The number of hydrogen-bond donors (Lipinski definition) is 2. The third-order valence-electron chi connectivity index (χ3n) is 4.76. The Kier molecular flexibility index (Phi) is 8.63. The van der Waals surface area contributed by atoms with E-state index >= 15 is 0 Å². The van der Waals surface area contributed by atoms with E-state index in [9.17, 15) is 5.11 Å². The number of methoxy groups -OCH3 is 1. The molecule has 29 heavy (non-hydrogen) atoms. The van der Waals surface area contributed by atoms with Gasteiger partial charge in [-0.15, -0.1) is 0 Å². The van der Waals surface area contributed by atoms with E-state index in [4.69, 9.17) is 14.2 Å². The van der Waals surface area contributed by atoms with Crippen LogP contribution in [0.25, 0.3) is 0 Å². The average molecular weight is 402 g/mol. The van der Waals surface area contributed by atoms with Crippen LogP contribution in [0.3, 0.4) is 0 Å². The number of aromatic nitrogens is 2. The zero-order chi connectivity index (χ0) is 20.3. The molecule has 1 aromatic heterocycles. The molecule has 0 radical (unpaired) electrons. The molecule has 1 aliphatic rings. The zero-order valence-corrected chi connectivity index (χ0v) is 16.9. The zero-order valence-electron chi connectivity index (χ0n) is 16.9. The van der Waals surface area contributed by atoms with Gasteiger partial charge in [0.15, 0.2) is 11.5 Å². The molecular weight excluding hydrogens is 372 g/mol. The number of benzene rings is 1. The minimum absolute atomic E-state index is 0.213. The van der Waals surface area contributed by atoms with Crippen molar-refractivity contribution in [2.45, 2.75) is 19.1 Å². The summed E-state index contributed by atoms with van der Waals surface area (Å²) in [7, 11) is 1.62. The molecule has 0 aliphatic carbocycles. The van der Waals surface area contributed by atoms with Crippen LogP contribution >= 0.6 is 0 Å². The summed E-state index contributed by atoms with van der Waals surface area (Å²) in [6, 6.07) is 5.81. The number of aliphatic hydroxyl groups excluding tert-OH is 1. The van der Waals surface area contributed by atoms with E-state index in [-0.39, 0.29) is 6.61 Å². The van der Waals surface area contributed by atoms with E-state index < -0.39 is 6.10 Å². The largest absolute Gasteiger partial charge is 0.493 e. The maximum atomic E-state index is 10.4. The molecule has 1 atom stereocenters. The number of aliphatic hydroxyl groups is 1. The van der Waals surface area contributed by atoms with Crippen molar-refractivity contribution in [1.29, 1.82) is 0 Å². The first-order valence-corrected chi connectivity index (χ1v) is 9.98. The molecule has 1 saturated heterocycles. The second kappa shape index (κ2) is 11.7. The number of nitrogens with zero attached hydrogens (tertiary/aromatic N) is 3. The van der Waals surface area contributed by atoms with Gasteiger partial charge in [-0.3, -0.25) is 14.9 Å². The summed E-state index contributed by atoms with van der Waals surface area (Å²) in [6.07, 6.45) is 5.37. The molecule has 158 valence electrons. The van der Waals surface area contributed by atoms with E-state index in [0.29, 0.717) is 37.8 Å². The predicted octanol–water partition coefficient (Wildman–Crippen LogP) is 0.889. The minimum atomic E-state index is -0.574. The SMILES string of the molecule is COc1cccc(CNCCc2cnccn2)c1OC[C@H](O)CN1CCOCC1. The number of nitrogens with one attached hydrogen (secondary N) is 1. The van der Waals surface area contributed by atoms with Crippen molar-refractivity contribution in [3.8, 4) is 11.5 Å². The van der Waals surface area contributed by atoms with Gasteiger partial charge in [0.05, 0.1) is 26.0 Å². The van der Waals surface area contributed by atoms with E-state index in [1.165, 1.54) is 0 Å². The standard InChI is InChI=1S/C21H30N4O4/c1-27-20-4-2-3-17(13-22-6-5-18-14-23-7-8-24-18)21(20)29-16-19(26)15-25-9-11-28-12-10-25/h2-4,7-8,14,19,22,26H,5-6,9-13,15-16H2,1H3/t19-/m1/s1. The highest BCUT2D eigenvalue weighted by Gasteiger charge is 2.17. The van der Waals surface area contributed by atoms with Gasteiger partial charge in [0.25, 0.3) is 0 Å². The highest BCUT2D eigenvalue weighted by atomic mass is 16.5. The van der Waals surface area contributed by atoms with Crippen molar-refractivity contribution in [2.75, 3.05) is 53.1 Å². The lowest BCUT2D eigenvalue weighted by Crippen LogP contribution is -2.42. The Morgan fingerprint density at radius 3 is 2.90 bits per heavy atom. The molecular formula is C21H30N4O4. The lowest BCUT2D eigenvalue weighted by Gasteiger charge is -2.28. The topological polar surface area (TPSA) is 89.0 Å². The van der Waals surface area contributed by atoms with Gasteiger partial charge in [0.2, 0.25) is 0 Å². The van der Waals surface area contributed by atoms with Crippen LogP contribution in [0.2, 0.25) is 0 Å². The molecule has 1 aromatic carbocycles. The van der Waals surface area contributed by atoms with Crippen LogP contribution in [0.1, 0.15) is 11.3 Å². The van der Waals surface area contributed by atoms with Crippen LogP contribution in [0, 0.1) is 0 Å². The Morgan fingerprint density at radius 2 is 2.14 bits per heavy atom. The fourth-order valence-electron chi connectivity index (χ4n) is 3.24. The van der Waals surface area contributed by atoms with Crippen molar-refractivity contribution in [3.63, 3.8) is 0 Å². The lowest BCUT2D eigenvalue weighted by molar-refractivity contribution is 0.00436. The van der Waals surface area contributed by atoms with Crippen molar-refractivity contribution in [3.05, 3.63) is 48.0 Å². The molecule has 0 unspecified atom stereocenters. The summed E-state index contributed by atoms with van der Waals surface area (Å²) in [5.41, 5.74) is 1.94. The molecule has 1 fully saturated rings. The fraction of sp³-hybridized carbons (Fsp3) is 0.524. The average Bonchev–Trinajstić information content (AvgIpc) is 2.77. The summed E-state index contributed by atoms with van der Waals surface area (Å²) in [5.74, 6) is 1.33. The summed E-state index contributed by atoms with van der Waals surface area (Å²) in [4.78, 5) is 10.5. The Labute approximate surface area is 171 Å². The molecule has 3 rings (SSSR count). The Balaban J connectivity index is 1.51. The van der Waals surface area contributed by atoms with Crippen LogP contribution in [0.5, 0.6) is 11.5 Å². The molecule has 0 saturated carbocycles. The van der Waals surface area contributed by atoms with Gasteiger partial charge in [0.1, 0.15) is 12.7 Å². The molecule has 2 aromatic rings. The molecule has 0 bridgehead atoms. The van der Waals surface area contributed by atoms with Gasteiger partial charge in [-0.25, -0.2) is 0 Å². The van der Waals surface area contributed by atoms with E-state index in [0.717, 1.165) is 37.3 Å². The first-order valence-electron chi connectivity index (χ1n) is 9.98. The number of hydrogen-bond acceptors (Lipinski definition) is 8. The highest BCUT2D eigenvalue weighted by Crippen LogP contribution is 2.31. The van der Waals surface area contributed by atoms with Crippen molar-refractivity contribution < 1.29 is 19.3 Å². The van der Waals surface area contributed by atoms with Crippen molar-refractivity contribution >= 4 is 0 Å². The molecule has 1 aliphatic heterocycles. The first kappa shape index (κ1) is 21.4. The van der Waals surface area contributed by atoms with Gasteiger partial charge in [-0.05, 0) is 6.07 Å². The minimum Gasteiger partial charge on any atom is -0.493 e. The molecule has 2 N–H and O–H groups in total. The Bertz CT molecular complexity index is 726. The molecule has 2 heterocycles. The number of morpholine rings is 1. The smallest absolute Gasteiger partial charge is 0.165 e. The number of β-amino-alcohol motifs (C(OH)–C–C–N with tert-alkyl or cyclic N) is 1. The van der Waals surface area contributed by atoms with Crippen LogP contribution in [0.15, 0.2) is 36.8 Å². The number of ether oxygens (including phenoxy) is 3. The second-order valence-electron chi connectivity index (χ2n) is 6.95. The molecule has 8 heteroatoms. The quantitative estimate of drug-likeness (QED) is 0.536. The van der Waals surface area contributed by atoms with Crippen molar-refractivity contribution in [1.82, 2.24) is 20.2 Å².